The van der Waals surface area contributed by atoms with Gasteiger partial charge in [-0.3, -0.25) is 4.98 Å². The van der Waals surface area contributed by atoms with E-state index in [4.69, 9.17) is 11.6 Å². The van der Waals surface area contributed by atoms with Crippen molar-refractivity contribution in [2.24, 2.45) is 0 Å². The van der Waals surface area contributed by atoms with Gasteiger partial charge in [0.2, 0.25) is 5.82 Å². The summed E-state index contributed by atoms with van der Waals surface area (Å²) >= 11 is 6.79. The Morgan fingerprint density at radius 2 is 1.84 bits per heavy atom. The van der Waals surface area contributed by atoms with E-state index in [-0.39, 0.29) is 0 Å². The lowest BCUT2D eigenvalue weighted by molar-refractivity contribution is 0.240. The predicted octanol–water partition coefficient (Wildman–Crippen LogP) is 5.40. The summed E-state index contributed by atoms with van der Waals surface area (Å²) in [5.41, 5.74) is 5.32. The van der Waals surface area contributed by atoms with Gasteiger partial charge < -0.3 is 9.80 Å². The Labute approximate surface area is 194 Å². The predicted molar refractivity (Wildman–Crippen MR) is 127 cm³/mol. The van der Waals surface area contributed by atoms with E-state index in [9.17, 15) is 0 Å². The first-order valence-corrected chi connectivity index (χ1v) is 11.8. The van der Waals surface area contributed by atoms with E-state index in [0.29, 0.717) is 5.82 Å². The number of unbranched alkanes of at least 4 members (excludes halogenated alkanes) is 2. The zero-order valence-electron chi connectivity index (χ0n) is 18.8. The number of nitrogens with one attached hydrogen (secondary N) is 1. The van der Waals surface area contributed by atoms with Gasteiger partial charge in [-0.1, -0.05) is 68.6 Å². The Balaban J connectivity index is 1.52. The van der Waals surface area contributed by atoms with Crippen LogP contribution in [-0.2, 0) is 6.54 Å². The van der Waals surface area contributed by atoms with Crippen LogP contribution >= 0.6 is 11.6 Å². The molecule has 0 saturated carbocycles. The Hall–Kier alpha value is -2.93. The maximum absolute atomic E-state index is 6.79. The highest BCUT2D eigenvalue weighted by Gasteiger charge is 2.27. The molecule has 0 unspecified atom stereocenters. The van der Waals surface area contributed by atoms with Gasteiger partial charge in [0, 0.05) is 24.8 Å². The smallest absolute Gasteiger partial charge is 0.223 e. The summed E-state index contributed by atoms with van der Waals surface area (Å²) in [4.78, 5) is 9.21. The van der Waals surface area contributed by atoms with Crippen molar-refractivity contribution in [2.75, 3.05) is 13.2 Å². The topological polar surface area (TPSA) is 73.8 Å². The number of rotatable bonds is 10. The molecule has 7 nitrogen and oxygen atoms in total. The molecule has 1 aliphatic heterocycles. The molecule has 0 aliphatic carbocycles. The molecule has 0 fully saturated rings. The number of aromatic amines is 1. The first kappa shape index (κ1) is 22.3. The Bertz CT molecular complexity index is 1030. The van der Waals surface area contributed by atoms with Crippen molar-refractivity contribution in [3.05, 3.63) is 59.0 Å². The molecule has 0 spiro atoms. The van der Waals surface area contributed by atoms with Gasteiger partial charge in [0.05, 0.1) is 12.4 Å². The number of aromatic nitrogens is 5. The molecule has 168 valence electrons. The molecule has 3 aromatic rings. The minimum absolute atomic E-state index is 0.495. The lowest BCUT2D eigenvalue weighted by atomic mass is 10.0. The number of allylic oxidation sites excluding steroid dienone is 1. The first-order valence-electron chi connectivity index (χ1n) is 11.4. The summed E-state index contributed by atoms with van der Waals surface area (Å²) in [6.07, 6.45) is 7.43. The lowest BCUT2D eigenvalue weighted by Crippen LogP contribution is -2.28. The van der Waals surface area contributed by atoms with Crippen molar-refractivity contribution in [3.63, 3.8) is 0 Å². The number of pyridine rings is 1. The molecule has 1 aromatic carbocycles. The largest absolute Gasteiger partial charge is 0.350 e. The zero-order valence-corrected chi connectivity index (χ0v) is 19.5. The molecular weight excluding hydrogens is 422 g/mol. The van der Waals surface area contributed by atoms with E-state index in [1.54, 1.807) is 6.20 Å². The van der Waals surface area contributed by atoms with Crippen molar-refractivity contribution in [3.8, 4) is 22.6 Å². The van der Waals surface area contributed by atoms with Crippen LogP contribution in [0, 0.1) is 0 Å². The van der Waals surface area contributed by atoms with E-state index in [1.165, 1.54) is 24.1 Å². The molecule has 0 radical (unpaired) electrons. The number of hydrogen-bond donors (Lipinski definition) is 1. The molecule has 0 saturated heterocycles. The SMILES string of the molecule is CCCCC1=C(Cl)N(CCCC)CN1Cc1ccc(-c2cccnc2-c2nn[nH]n2)cc1. The fourth-order valence-corrected chi connectivity index (χ4v) is 4.38. The molecule has 32 heavy (non-hydrogen) atoms. The van der Waals surface area contributed by atoms with Crippen molar-refractivity contribution < 1.29 is 0 Å². The number of benzene rings is 1. The number of nitrogens with zero attached hydrogens (tertiary/aromatic N) is 6. The molecule has 4 rings (SSSR count). The van der Waals surface area contributed by atoms with Crippen LogP contribution < -0.4 is 0 Å². The third-order valence-corrected chi connectivity index (χ3v) is 6.25. The molecule has 0 bridgehead atoms. The number of H-pyrrole nitrogens is 1. The lowest BCUT2D eigenvalue weighted by Gasteiger charge is -2.24. The van der Waals surface area contributed by atoms with Crippen LogP contribution in [0.15, 0.2) is 53.4 Å². The van der Waals surface area contributed by atoms with Gasteiger partial charge in [0.25, 0.3) is 0 Å². The van der Waals surface area contributed by atoms with E-state index in [1.807, 2.05) is 12.1 Å². The monoisotopic (exact) mass is 451 g/mol. The van der Waals surface area contributed by atoms with Gasteiger partial charge in [-0.25, -0.2) is 0 Å². The van der Waals surface area contributed by atoms with Crippen molar-refractivity contribution in [1.29, 1.82) is 0 Å². The van der Waals surface area contributed by atoms with Crippen LogP contribution in [0.25, 0.3) is 22.6 Å². The average Bonchev–Trinajstić information content (AvgIpc) is 3.46. The second kappa shape index (κ2) is 10.6. The Kier molecular flexibility index (Phi) is 7.37. The molecule has 0 amide bonds. The maximum atomic E-state index is 6.79. The van der Waals surface area contributed by atoms with Crippen LogP contribution in [0.1, 0.15) is 51.5 Å². The molecule has 1 aliphatic rings. The normalized spacial score (nSPS) is 14.0. The summed E-state index contributed by atoms with van der Waals surface area (Å²) < 4.78 is 0. The van der Waals surface area contributed by atoms with Crippen LogP contribution in [0.4, 0.5) is 0 Å². The number of tetrazole rings is 1. The fraction of sp³-hybridized carbons (Fsp3) is 0.417. The van der Waals surface area contributed by atoms with Gasteiger partial charge in [-0.05, 0) is 41.7 Å². The van der Waals surface area contributed by atoms with E-state index < -0.39 is 0 Å². The second-order valence-electron chi connectivity index (χ2n) is 8.13. The van der Waals surface area contributed by atoms with E-state index >= 15 is 0 Å². The summed E-state index contributed by atoms with van der Waals surface area (Å²) in [5.74, 6) is 0.495. The third kappa shape index (κ3) is 4.93. The molecule has 0 atom stereocenters. The van der Waals surface area contributed by atoms with E-state index in [0.717, 1.165) is 61.0 Å². The minimum Gasteiger partial charge on any atom is -0.350 e. The summed E-state index contributed by atoms with van der Waals surface area (Å²) in [6, 6.07) is 12.6. The van der Waals surface area contributed by atoms with Crippen LogP contribution in [0.5, 0.6) is 0 Å². The zero-order chi connectivity index (χ0) is 22.3. The van der Waals surface area contributed by atoms with Crippen molar-refractivity contribution >= 4 is 11.6 Å². The highest BCUT2D eigenvalue weighted by atomic mass is 35.5. The van der Waals surface area contributed by atoms with Gasteiger partial charge in [-0.2, -0.15) is 5.21 Å². The van der Waals surface area contributed by atoms with Crippen molar-refractivity contribution in [1.82, 2.24) is 35.4 Å². The van der Waals surface area contributed by atoms with Crippen LogP contribution in [0.3, 0.4) is 0 Å². The maximum Gasteiger partial charge on any atom is 0.223 e. The van der Waals surface area contributed by atoms with Crippen LogP contribution in [-0.4, -0.2) is 48.6 Å². The summed E-state index contributed by atoms with van der Waals surface area (Å²) in [7, 11) is 0. The summed E-state index contributed by atoms with van der Waals surface area (Å²) in [6.45, 7) is 7.17. The minimum atomic E-state index is 0.495. The number of halogens is 1. The van der Waals surface area contributed by atoms with Gasteiger partial charge in [0.15, 0.2) is 0 Å². The Morgan fingerprint density at radius 3 is 2.56 bits per heavy atom. The van der Waals surface area contributed by atoms with Gasteiger partial charge >= 0.3 is 0 Å². The highest BCUT2D eigenvalue weighted by molar-refractivity contribution is 6.29. The second-order valence-corrected chi connectivity index (χ2v) is 8.49. The molecule has 2 aromatic heterocycles. The fourth-order valence-electron chi connectivity index (χ4n) is 4.02. The standard InChI is InChI=1S/C24H30ClN7/c1-3-5-9-21-23(25)31(15-6-4-2)17-32(21)16-18-10-12-19(13-11-18)20-8-7-14-26-22(20)24-27-29-30-28-24/h7-8,10-14H,3-6,9,15-17H2,1-2H3,(H,27,28,29,30). The number of hydrogen-bond acceptors (Lipinski definition) is 6. The van der Waals surface area contributed by atoms with Crippen LogP contribution in [0.2, 0.25) is 0 Å². The van der Waals surface area contributed by atoms with Gasteiger partial charge in [-0.15, -0.1) is 10.2 Å². The average molecular weight is 452 g/mol. The first-order chi connectivity index (χ1) is 15.7. The molecular formula is C24H30ClN7. The quantitative estimate of drug-likeness (QED) is 0.416. The Morgan fingerprint density at radius 1 is 1.03 bits per heavy atom. The van der Waals surface area contributed by atoms with E-state index in [2.05, 4.69) is 73.5 Å². The third-order valence-electron chi connectivity index (χ3n) is 5.79. The highest BCUT2D eigenvalue weighted by Crippen LogP contribution is 2.33. The molecule has 3 heterocycles. The molecule has 1 N–H and O–H groups in total. The van der Waals surface area contributed by atoms with Gasteiger partial charge in [0.1, 0.15) is 10.9 Å². The molecule has 8 heteroatoms. The van der Waals surface area contributed by atoms with Crippen molar-refractivity contribution in [2.45, 2.75) is 52.5 Å². The summed E-state index contributed by atoms with van der Waals surface area (Å²) in [5, 5.41) is 15.3.